The Morgan fingerprint density at radius 1 is 1.28 bits per heavy atom. The smallest absolute Gasteiger partial charge is 0.123 e. The summed E-state index contributed by atoms with van der Waals surface area (Å²) in [4.78, 5) is 1.16. The van der Waals surface area contributed by atoms with Gasteiger partial charge in [-0.3, -0.25) is 0 Å². The van der Waals surface area contributed by atoms with Crippen molar-refractivity contribution in [3.8, 4) is 0 Å². The van der Waals surface area contributed by atoms with Crippen LogP contribution < -0.4 is 5.73 Å². The van der Waals surface area contributed by atoms with E-state index in [0.717, 1.165) is 17.4 Å². The Balaban J connectivity index is 2.02. The summed E-state index contributed by atoms with van der Waals surface area (Å²) in [5, 5.41) is 0.596. The molecule has 0 bridgehead atoms. The van der Waals surface area contributed by atoms with Crippen molar-refractivity contribution in [1.29, 1.82) is 0 Å². The van der Waals surface area contributed by atoms with Crippen LogP contribution in [0.2, 0.25) is 0 Å². The summed E-state index contributed by atoms with van der Waals surface area (Å²) < 4.78 is 12.9. The fourth-order valence-electron chi connectivity index (χ4n) is 2.75. The van der Waals surface area contributed by atoms with Gasteiger partial charge < -0.3 is 5.73 Å². The number of rotatable bonds is 4. The molecule has 3 unspecified atom stereocenters. The van der Waals surface area contributed by atoms with Crippen LogP contribution in [0.15, 0.2) is 29.2 Å². The zero-order valence-corrected chi connectivity index (χ0v) is 11.8. The van der Waals surface area contributed by atoms with Gasteiger partial charge in [0.1, 0.15) is 5.82 Å². The minimum Gasteiger partial charge on any atom is -0.330 e. The van der Waals surface area contributed by atoms with Gasteiger partial charge in [-0.2, -0.15) is 0 Å². The van der Waals surface area contributed by atoms with Crippen LogP contribution in [0.3, 0.4) is 0 Å². The molecule has 2 rings (SSSR count). The van der Waals surface area contributed by atoms with E-state index in [9.17, 15) is 4.39 Å². The molecule has 0 radical (unpaired) electrons. The molecule has 1 aliphatic carbocycles. The molecular formula is C15H22FNS. The first-order chi connectivity index (χ1) is 8.72. The Morgan fingerprint density at radius 2 is 2.00 bits per heavy atom. The highest BCUT2D eigenvalue weighted by molar-refractivity contribution is 8.00. The van der Waals surface area contributed by atoms with E-state index in [0.29, 0.717) is 11.2 Å². The number of halogens is 1. The molecule has 100 valence electrons. The van der Waals surface area contributed by atoms with Gasteiger partial charge in [0.15, 0.2) is 0 Å². The van der Waals surface area contributed by atoms with Crippen LogP contribution in [0.5, 0.6) is 0 Å². The fourth-order valence-corrected chi connectivity index (χ4v) is 4.20. The average Bonchev–Trinajstić information content (AvgIpc) is 2.41. The zero-order valence-electron chi connectivity index (χ0n) is 10.9. The maximum absolute atomic E-state index is 12.9. The van der Waals surface area contributed by atoms with Crippen molar-refractivity contribution in [2.24, 2.45) is 17.6 Å². The average molecular weight is 267 g/mol. The molecule has 0 aliphatic heterocycles. The number of nitrogens with two attached hydrogens (primary N) is 1. The van der Waals surface area contributed by atoms with Gasteiger partial charge in [-0.1, -0.05) is 19.8 Å². The maximum Gasteiger partial charge on any atom is 0.123 e. The second-order valence-electron chi connectivity index (χ2n) is 5.19. The van der Waals surface area contributed by atoms with Crippen molar-refractivity contribution in [3.63, 3.8) is 0 Å². The number of thioether (sulfide) groups is 1. The van der Waals surface area contributed by atoms with Gasteiger partial charge in [0.2, 0.25) is 0 Å². The van der Waals surface area contributed by atoms with E-state index in [2.05, 4.69) is 6.92 Å². The summed E-state index contributed by atoms with van der Waals surface area (Å²) in [6.45, 7) is 3.04. The molecule has 1 aliphatic rings. The summed E-state index contributed by atoms with van der Waals surface area (Å²) >= 11 is 1.88. The Bertz CT molecular complexity index is 365. The normalized spacial score (nSPS) is 28.3. The van der Waals surface area contributed by atoms with Crippen LogP contribution in [0.25, 0.3) is 0 Å². The molecule has 1 saturated carbocycles. The first kappa shape index (κ1) is 13.9. The number of hydrogen-bond donors (Lipinski definition) is 1. The summed E-state index contributed by atoms with van der Waals surface area (Å²) in [5.74, 6) is 1.29. The highest BCUT2D eigenvalue weighted by Gasteiger charge is 2.29. The lowest BCUT2D eigenvalue weighted by Gasteiger charge is -2.35. The van der Waals surface area contributed by atoms with E-state index in [1.165, 1.54) is 25.7 Å². The molecule has 1 fully saturated rings. The minimum absolute atomic E-state index is 0.162. The Kier molecular flexibility index (Phi) is 5.07. The van der Waals surface area contributed by atoms with Crippen molar-refractivity contribution in [2.45, 2.75) is 42.8 Å². The van der Waals surface area contributed by atoms with Crippen LogP contribution in [0.1, 0.15) is 32.6 Å². The standard InChI is InChI=1S/C15H22FNS/c1-2-11-3-4-12(10-17)15(9-11)18-14-7-5-13(16)6-8-14/h5-8,11-12,15H,2-4,9-10,17H2,1H3. The highest BCUT2D eigenvalue weighted by atomic mass is 32.2. The van der Waals surface area contributed by atoms with Crippen LogP contribution in [0, 0.1) is 17.7 Å². The van der Waals surface area contributed by atoms with Gasteiger partial charge in [-0.05, 0) is 55.5 Å². The quantitative estimate of drug-likeness (QED) is 0.890. The Labute approximate surface area is 113 Å². The maximum atomic E-state index is 12.9. The van der Waals surface area contributed by atoms with E-state index in [-0.39, 0.29) is 5.82 Å². The van der Waals surface area contributed by atoms with E-state index in [4.69, 9.17) is 5.73 Å². The molecule has 1 aromatic rings. The van der Waals surface area contributed by atoms with Crippen molar-refractivity contribution < 1.29 is 4.39 Å². The largest absolute Gasteiger partial charge is 0.330 e. The second kappa shape index (κ2) is 6.58. The Morgan fingerprint density at radius 3 is 2.61 bits per heavy atom. The fraction of sp³-hybridized carbons (Fsp3) is 0.600. The van der Waals surface area contributed by atoms with Gasteiger partial charge in [-0.25, -0.2) is 4.39 Å². The topological polar surface area (TPSA) is 26.0 Å². The van der Waals surface area contributed by atoms with Crippen LogP contribution in [-0.4, -0.2) is 11.8 Å². The molecule has 18 heavy (non-hydrogen) atoms. The van der Waals surface area contributed by atoms with E-state index >= 15 is 0 Å². The first-order valence-corrected chi connectivity index (χ1v) is 7.73. The molecule has 1 nitrogen and oxygen atoms in total. The van der Waals surface area contributed by atoms with E-state index < -0.39 is 0 Å². The minimum atomic E-state index is -0.162. The third-order valence-electron chi connectivity index (χ3n) is 4.02. The third-order valence-corrected chi connectivity index (χ3v) is 5.44. The Hall–Kier alpha value is -0.540. The number of hydrogen-bond acceptors (Lipinski definition) is 2. The summed E-state index contributed by atoms with van der Waals surface area (Å²) in [7, 11) is 0. The molecule has 1 aromatic carbocycles. The monoisotopic (exact) mass is 267 g/mol. The first-order valence-electron chi connectivity index (χ1n) is 6.85. The van der Waals surface area contributed by atoms with Crippen LogP contribution in [-0.2, 0) is 0 Å². The predicted molar refractivity (Wildman–Crippen MR) is 76.2 cm³/mol. The number of benzene rings is 1. The molecule has 0 heterocycles. The summed E-state index contributed by atoms with van der Waals surface area (Å²) in [6.07, 6.45) is 5.07. The molecule has 0 spiro atoms. The summed E-state index contributed by atoms with van der Waals surface area (Å²) in [5.41, 5.74) is 5.88. The van der Waals surface area contributed by atoms with Crippen molar-refractivity contribution >= 4 is 11.8 Å². The van der Waals surface area contributed by atoms with E-state index in [1.54, 1.807) is 12.1 Å². The van der Waals surface area contributed by atoms with E-state index in [1.807, 2.05) is 23.9 Å². The van der Waals surface area contributed by atoms with Crippen molar-refractivity contribution in [1.82, 2.24) is 0 Å². The second-order valence-corrected chi connectivity index (χ2v) is 6.51. The van der Waals surface area contributed by atoms with Gasteiger partial charge in [0.05, 0.1) is 0 Å². The SMILES string of the molecule is CCC1CCC(CN)C(Sc2ccc(F)cc2)C1. The van der Waals surface area contributed by atoms with Crippen LogP contribution in [0.4, 0.5) is 4.39 Å². The molecule has 2 N–H and O–H groups in total. The molecule has 0 saturated heterocycles. The molecule has 3 heteroatoms. The predicted octanol–water partition coefficient (Wildman–Crippen LogP) is 4.07. The lowest BCUT2D eigenvalue weighted by Crippen LogP contribution is -2.32. The molecule has 3 atom stereocenters. The molecule has 0 aromatic heterocycles. The van der Waals surface area contributed by atoms with Gasteiger partial charge >= 0.3 is 0 Å². The van der Waals surface area contributed by atoms with Gasteiger partial charge in [0, 0.05) is 10.1 Å². The lowest BCUT2D eigenvalue weighted by atomic mass is 9.80. The van der Waals surface area contributed by atoms with Gasteiger partial charge in [-0.15, -0.1) is 11.8 Å². The zero-order chi connectivity index (χ0) is 13.0. The summed E-state index contributed by atoms with van der Waals surface area (Å²) in [6, 6.07) is 6.84. The lowest BCUT2D eigenvalue weighted by molar-refractivity contribution is 0.284. The molecule has 0 amide bonds. The highest BCUT2D eigenvalue weighted by Crippen LogP contribution is 2.40. The van der Waals surface area contributed by atoms with Crippen molar-refractivity contribution in [3.05, 3.63) is 30.1 Å². The third kappa shape index (κ3) is 3.48. The molecular weight excluding hydrogens is 245 g/mol. The van der Waals surface area contributed by atoms with Crippen molar-refractivity contribution in [2.75, 3.05) is 6.54 Å². The van der Waals surface area contributed by atoms with Crippen LogP contribution >= 0.6 is 11.8 Å². The van der Waals surface area contributed by atoms with Gasteiger partial charge in [0.25, 0.3) is 0 Å².